The molecule has 0 fully saturated rings. The second-order valence-corrected chi connectivity index (χ2v) is 4.94. The molecule has 3 aromatic rings. The molecule has 2 heterocycles. The standard InChI is InChI=1S/C14H13ClN6/c1-21-8-10(6-18-21)13-14(20-16)17-7-12(19-13)9-2-4-11(15)5-3-9/h2-8H,16H2,1H3,(H,17,20). The molecule has 0 radical (unpaired) electrons. The van der Waals surface area contributed by atoms with Crippen LogP contribution < -0.4 is 11.3 Å². The molecule has 0 bridgehead atoms. The van der Waals surface area contributed by atoms with Crippen LogP contribution in [-0.2, 0) is 7.05 Å². The predicted octanol–water partition coefficient (Wildman–Crippen LogP) is 2.48. The van der Waals surface area contributed by atoms with Gasteiger partial charge in [-0.3, -0.25) is 4.68 Å². The first-order chi connectivity index (χ1) is 10.2. The second kappa shape index (κ2) is 5.51. The average Bonchev–Trinajstić information content (AvgIpc) is 2.94. The van der Waals surface area contributed by atoms with E-state index >= 15 is 0 Å². The molecule has 1 aromatic carbocycles. The van der Waals surface area contributed by atoms with Gasteiger partial charge in [-0.25, -0.2) is 15.8 Å². The molecule has 0 aliphatic carbocycles. The Kier molecular flexibility index (Phi) is 3.55. The first kappa shape index (κ1) is 13.5. The molecule has 0 amide bonds. The van der Waals surface area contributed by atoms with Gasteiger partial charge in [-0.15, -0.1) is 0 Å². The third kappa shape index (κ3) is 2.72. The maximum absolute atomic E-state index is 5.90. The van der Waals surface area contributed by atoms with E-state index in [9.17, 15) is 0 Å². The van der Waals surface area contributed by atoms with Crippen molar-refractivity contribution >= 4 is 17.4 Å². The van der Waals surface area contributed by atoms with E-state index in [1.165, 1.54) is 0 Å². The normalized spacial score (nSPS) is 10.6. The molecule has 0 spiro atoms. The third-order valence-corrected chi connectivity index (χ3v) is 3.28. The lowest BCUT2D eigenvalue weighted by Gasteiger charge is -2.08. The van der Waals surface area contributed by atoms with Crippen LogP contribution in [0.25, 0.3) is 22.5 Å². The number of nitrogens with zero attached hydrogens (tertiary/aromatic N) is 4. The highest BCUT2D eigenvalue weighted by Crippen LogP contribution is 2.27. The highest BCUT2D eigenvalue weighted by molar-refractivity contribution is 6.30. The van der Waals surface area contributed by atoms with Crippen molar-refractivity contribution in [2.75, 3.05) is 5.43 Å². The summed E-state index contributed by atoms with van der Waals surface area (Å²) in [6.45, 7) is 0. The fraction of sp³-hybridized carbons (Fsp3) is 0.0714. The molecule has 106 valence electrons. The van der Waals surface area contributed by atoms with E-state index in [1.54, 1.807) is 17.1 Å². The van der Waals surface area contributed by atoms with Gasteiger partial charge in [0.15, 0.2) is 5.82 Å². The van der Waals surface area contributed by atoms with Gasteiger partial charge >= 0.3 is 0 Å². The lowest BCUT2D eigenvalue weighted by Crippen LogP contribution is -2.11. The maximum Gasteiger partial charge on any atom is 0.166 e. The van der Waals surface area contributed by atoms with Gasteiger partial charge in [0, 0.05) is 29.4 Å². The van der Waals surface area contributed by atoms with Crippen molar-refractivity contribution in [3.63, 3.8) is 0 Å². The Morgan fingerprint density at radius 1 is 1.14 bits per heavy atom. The number of aryl methyl sites for hydroxylation is 1. The minimum Gasteiger partial charge on any atom is -0.307 e. The van der Waals surface area contributed by atoms with E-state index in [2.05, 4.69) is 20.5 Å². The zero-order valence-electron chi connectivity index (χ0n) is 11.3. The summed E-state index contributed by atoms with van der Waals surface area (Å²) >= 11 is 5.90. The first-order valence-corrected chi connectivity index (χ1v) is 6.64. The van der Waals surface area contributed by atoms with Crippen LogP contribution in [0.3, 0.4) is 0 Å². The minimum absolute atomic E-state index is 0.501. The van der Waals surface area contributed by atoms with Crippen molar-refractivity contribution in [1.82, 2.24) is 19.7 Å². The molecule has 21 heavy (non-hydrogen) atoms. The number of rotatable bonds is 3. The average molecular weight is 301 g/mol. The van der Waals surface area contributed by atoms with Crippen LogP contribution in [0.5, 0.6) is 0 Å². The molecule has 0 atom stereocenters. The van der Waals surface area contributed by atoms with Gasteiger partial charge in [-0.1, -0.05) is 23.7 Å². The van der Waals surface area contributed by atoms with Gasteiger partial charge in [0.25, 0.3) is 0 Å². The smallest absolute Gasteiger partial charge is 0.166 e. The summed E-state index contributed by atoms with van der Waals surface area (Å²) in [4.78, 5) is 8.94. The number of hydrogen-bond donors (Lipinski definition) is 2. The van der Waals surface area contributed by atoms with E-state index in [4.69, 9.17) is 17.4 Å². The molecule has 0 unspecified atom stereocenters. The topological polar surface area (TPSA) is 81.7 Å². The van der Waals surface area contributed by atoms with Crippen molar-refractivity contribution in [2.24, 2.45) is 12.9 Å². The number of nitrogen functional groups attached to an aromatic ring is 1. The number of nitrogens with two attached hydrogens (primary N) is 1. The fourth-order valence-corrected chi connectivity index (χ4v) is 2.13. The second-order valence-electron chi connectivity index (χ2n) is 4.51. The van der Waals surface area contributed by atoms with Crippen molar-refractivity contribution in [3.05, 3.63) is 47.9 Å². The van der Waals surface area contributed by atoms with Crippen LogP contribution in [0.15, 0.2) is 42.9 Å². The largest absolute Gasteiger partial charge is 0.307 e. The van der Waals surface area contributed by atoms with Crippen LogP contribution in [0, 0.1) is 0 Å². The molecule has 6 nitrogen and oxygen atoms in total. The molecule has 0 saturated carbocycles. The van der Waals surface area contributed by atoms with E-state index in [1.807, 2.05) is 37.5 Å². The van der Waals surface area contributed by atoms with Crippen LogP contribution in [0.1, 0.15) is 0 Å². The van der Waals surface area contributed by atoms with Crippen molar-refractivity contribution in [3.8, 4) is 22.5 Å². The van der Waals surface area contributed by atoms with Gasteiger partial charge in [0.2, 0.25) is 0 Å². The molecule has 3 rings (SSSR count). The van der Waals surface area contributed by atoms with Crippen LogP contribution in [-0.4, -0.2) is 19.7 Å². The van der Waals surface area contributed by atoms with E-state index in [0.717, 1.165) is 16.8 Å². The third-order valence-electron chi connectivity index (χ3n) is 3.03. The summed E-state index contributed by atoms with van der Waals surface area (Å²) in [7, 11) is 1.84. The molecule has 0 aliphatic rings. The van der Waals surface area contributed by atoms with Crippen LogP contribution in [0.2, 0.25) is 5.02 Å². The summed E-state index contributed by atoms with van der Waals surface area (Å²) in [6, 6.07) is 7.43. The Balaban J connectivity index is 2.10. The summed E-state index contributed by atoms with van der Waals surface area (Å²) in [5.41, 5.74) is 5.72. The quantitative estimate of drug-likeness (QED) is 0.573. The van der Waals surface area contributed by atoms with Gasteiger partial charge in [0.05, 0.1) is 18.1 Å². The zero-order valence-corrected chi connectivity index (χ0v) is 12.0. The fourth-order valence-electron chi connectivity index (χ4n) is 2.00. The highest BCUT2D eigenvalue weighted by Gasteiger charge is 2.12. The van der Waals surface area contributed by atoms with Crippen molar-refractivity contribution in [1.29, 1.82) is 0 Å². The molecular formula is C14H13ClN6. The Morgan fingerprint density at radius 2 is 1.90 bits per heavy atom. The summed E-state index contributed by atoms with van der Waals surface area (Å²) in [5.74, 6) is 6.01. The maximum atomic E-state index is 5.90. The molecule has 2 aromatic heterocycles. The van der Waals surface area contributed by atoms with Gasteiger partial charge in [0.1, 0.15) is 5.69 Å². The Bertz CT molecular complexity index is 765. The molecule has 7 heteroatoms. The van der Waals surface area contributed by atoms with Gasteiger partial charge < -0.3 is 5.43 Å². The number of benzene rings is 1. The van der Waals surface area contributed by atoms with Crippen LogP contribution >= 0.6 is 11.6 Å². The summed E-state index contributed by atoms with van der Waals surface area (Å²) < 4.78 is 1.70. The molecule has 3 N–H and O–H groups in total. The number of halogens is 1. The number of aromatic nitrogens is 4. The Labute approximate surface area is 126 Å². The number of hydrazine groups is 1. The SMILES string of the molecule is Cn1cc(-c2nc(-c3ccc(Cl)cc3)cnc2NN)cn1. The van der Waals surface area contributed by atoms with Gasteiger partial charge in [-0.05, 0) is 12.1 Å². The monoisotopic (exact) mass is 300 g/mol. The Hall–Kier alpha value is -2.44. The molecule has 0 saturated heterocycles. The summed E-state index contributed by atoms with van der Waals surface area (Å²) in [6.07, 6.45) is 5.24. The lowest BCUT2D eigenvalue weighted by atomic mass is 10.1. The van der Waals surface area contributed by atoms with E-state index < -0.39 is 0 Å². The van der Waals surface area contributed by atoms with Crippen molar-refractivity contribution < 1.29 is 0 Å². The molecule has 0 aliphatic heterocycles. The lowest BCUT2D eigenvalue weighted by molar-refractivity contribution is 0.768. The molecular weight excluding hydrogens is 288 g/mol. The van der Waals surface area contributed by atoms with E-state index in [-0.39, 0.29) is 0 Å². The summed E-state index contributed by atoms with van der Waals surface area (Å²) in [5, 5.41) is 4.83. The van der Waals surface area contributed by atoms with E-state index in [0.29, 0.717) is 16.5 Å². The highest BCUT2D eigenvalue weighted by atomic mass is 35.5. The van der Waals surface area contributed by atoms with Gasteiger partial charge in [-0.2, -0.15) is 5.10 Å². The first-order valence-electron chi connectivity index (χ1n) is 6.26. The van der Waals surface area contributed by atoms with Crippen LogP contribution in [0.4, 0.5) is 5.82 Å². The predicted molar refractivity (Wildman–Crippen MR) is 82.5 cm³/mol. The Morgan fingerprint density at radius 3 is 2.52 bits per heavy atom. The van der Waals surface area contributed by atoms with Crippen molar-refractivity contribution in [2.45, 2.75) is 0 Å². The zero-order chi connectivity index (χ0) is 14.8. The number of hydrogen-bond acceptors (Lipinski definition) is 5. The minimum atomic E-state index is 0.501. The number of nitrogens with one attached hydrogen (secondary N) is 1. The number of anilines is 1.